The monoisotopic (exact) mass is 154 g/mol. The molecule has 1 aromatic rings. The predicted octanol–water partition coefficient (Wildman–Crippen LogP) is 0.673. The second-order valence-electron chi connectivity index (χ2n) is 2.12. The molecule has 4 heteroatoms. The highest BCUT2D eigenvalue weighted by molar-refractivity contribution is 5.89. The Morgan fingerprint density at radius 3 is 2.45 bits per heavy atom. The summed E-state index contributed by atoms with van der Waals surface area (Å²) < 4.78 is 0. The van der Waals surface area contributed by atoms with Gasteiger partial charge in [0.25, 0.3) is 0 Å². The van der Waals surface area contributed by atoms with Crippen molar-refractivity contribution in [1.29, 1.82) is 0 Å². The van der Waals surface area contributed by atoms with Crippen molar-refractivity contribution in [2.75, 3.05) is 5.73 Å². The molecule has 0 aliphatic heterocycles. The molecule has 0 aliphatic rings. The summed E-state index contributed by atoms with van der Waals surface area (Å²) in [6.45, 7) is 0. The zero-order valence-corrected chi connectivity index (χ0v) is 5.61. The Balaban J connectivity index is 3.19. The van der Waals surface area contributed by atoms with Crippen LogP contribution in [0.15, 0.2) is 18.2 Å². The van der Waals surface area contributed by atoms with Gasteiger partial charge in [-0.15, -0.1) is 0 Å². The van der Waals surface area contributed by atoms with Crippen LogP contribution in [0.3, 0.4) is 0 Å². The van der Waals surface area contributed by atoms with Crippen molar-refractivity contribution in [3.63, 3.8) is 0 Å². The van der Waals surface area contributed by atoms with E-state index in [4.69, 9.17) is 15.9 Å². The van der Waals surface area contributed by atoms with E-state index in [1.54, 1.807) is 0 Å². The summed E-state index contributed by atoms with van der Waals surface area (Å²) in [4.78, 5) is 10.3. The molecular weight excluding hydrogens is 147 g/mol. The number of hydrogen-bond donors (Lipinski definition) is 3. The zero-order valence-electron chi connectivity index (χ0n) is 5.61. The Hall–Kier alpha value is -1.71. The van der Waals surface area contributed by atoms with Gasteiger partial charge in [-0.1, -0.05) is 0 Å². The molecule has 4 nitrogen and oxygen atoms in total. The first kappa shape index (κ1) is 7.40. The maximum absolute atomic E-state index is 10.3. The number of phenols is 1. The van der Waals surface area contributed by atoms with Crippen LogP contribution in [0.1, 0.15) is 10.4 Å². The fourth-order valence-electron chi connectivity index (χ4n) is 0.758. The van der Waals surface area contributed by atoms with Gasteiger partial charge in [0.05, 0.1) is 5.56 Å². The summed E-state index contributed by atoms with van der Waals surface area (Å²) >= 11 is 0. The molecule has 0 atom stereocenters. The molecule has 4 N–H and O–H groups in total. The minimum atomic E-state index is -1.10. The molecule has 0 heterocycles. The van der Waals surface area contributed by atoms with E-state index in [0.717, 1.165) is 6.07 Å². The number of carbonyl (C=O) groups is 1. The Kier molecular flexibility index (Phi) is 1.68. The molecule has 1 aromatic carbocycles. The van der Waals surface area contributed by atoms with Gasteiger partial charge in [-0.3, -0.25) is 0 Å². The Bertz CT molecular complexity index is 275. The number of nitrogens with two attached hydrogens (primary N) is 1. The van der Waals surface area contributed by atoms with E-state index in [2.05, 4.69) is 0 Å². The summed E-state index contributed by atoms with van der Waals surface area (Å²) in [6, 6.07) is 3.70. The number of benzene rings is 1. The Labute approximate surface area is 62.9 Å². The molecule has 1 rings (SSSR count). The second kappa shape index (κ2) is 2.49. The summed E-state index contributed by atoms with van der Waals surface area (Å²) in [7, 11) is 0. The third-order valence-corrected chi connectivity index (χ3v) is 1.19. The van der Waals surface area contributed by atoms with Gasteiger partial charge in [-0.05, 0) is 12.1 Å². The van der Waals surface area contributed by atoms with Crippen LogP contribution in [-0.2, 0) is 0 Å². The first-order valence-electron chi connectivity index (χ1n) is 2.92. The molecule has 0 radical (unpaired) electrons. The summed E-state index contributed by atoms with van der Waals surface area (Å²) in [5.41, 5.74) is 5.50. The highest BCUT2D eigenvalue weighted by Crippen LogP contribution is 2.16. The molecule has 0 spiro atoms. The number of aromatic carboxylic acids is 1. The number of aromatic hydroxyl groups is 1. The van der Waals surface area contributed by atoms with E-state index in [9.17, 15) is 4.79 Å². The minimum Gasteiger partial charge on any atom is -0.508 e. The number of hydrogen-bond acceptors (Lipinski definition) is 3. The van der Waals surface area contributed by atoms with Gasteiger partial charge in [0.1, 0.15) is 5.75 Å². The van der Waals surface area contributed by atoms with Gasteiger partial charge < -0.3 is 15.9 Å². The van der Waals surface area contributed by atoms with Gasteiger partial charge in [0, 0.05) is 11.8 Å². The maximum atomic E-state index is 10.3. The molecule has 0 aromatic heterocycles. The molecule has 0 aliphatic carbocycles. The molecule has 0 amide bonds. The third-order valence-electron chi connectivity index (χ3n) is 1.19. The van der Waals surface area contributed by atoms with Crippen LogP contribution >= 0.6 is 0 Å². The number of anilines is 1. The number of phenolic OH excluding ortho intramolecular Hbond substituents is 1. The van der Waals surface area contributed by atoms with Crippen molar-refractivity contribution in [2.24, 2.45) is 0 Å². The molecule has 0 bridgehead atoms. The largest absolute Gasteiger partial charge is 0.508 e. The van der Waals surface area contributed by atoms with Crippen LogP contribution in [0.25, 0.3) is 0 Å². The Morgan fingerprint density at radius 1 is 1.36 bits per heavy atom. The average Bonchev–Trinajstić information content (AvgIpc) is 1.85. The first-order chi connectivity index (χ1) is 5.09. The van der Waals surface area contributed by atoms with E-state index in [1.165, 1.54) is 12.1 Å². The van der Waals surface area contributed by atoms with E-state index < -0.39 is 5.97 Å². The van der Waals surface area contributed by atoms with Crippen LogP contribution in [0.2, 0.25) is 0 Å². The van der Waals surface area contributed by atoms with E-state index in [1.807, 2.05) is 0 Å². The van der Waals surface area contributed by atoms with E-state index >= 15 is 0 Å². The fraction of sp³-hybridized carbons (Fsp3) is 0. The fourth-order valence-corrected chi connectivity index (χ4v) is 0.758. The highest BCUT2D eigenvalue weighted by Gasteiger charge is 2.03. The molecule has 11 heavy (non-hydrogen) atoms. The molecule has 58 valence electrons. The number of nitrogen functional groups attached to an aromatic ring is 1. The lowest BCUT2D eigenvalue weighted by atomic mass is 10.2. The van der Waals surface area contributed by atoms with Crippen molar-refractivity contribution in [3.8, 4) is 5.75 Å². The van der Waals surface area contributed by atoms with Crippen molar-refractivity contribution in [3.05, 3.63) is 23.8 Å². The minimum absolute atomic E-state index is 0.0116. The van der Waals surface area contributed by atoms with Crippen molar-refractivity contribution >= 4 is 11.7 Å². The number of carboxylic acid groups (broad SMARTS) is 1. The SMILES string of the molecule is Nc1cc(O)cc([13C](=O)O)c1. The topological polar surface area (TPSA) is 83.5 Å². The van der Waals surface area contributed by atoms with Gasteiger partial charge in [0.2, 0.25) is 0 Å². The van der Waals surface area contributed by atoms with Gasteiger partial charge in [0.15, 0.2) is 0 Å². The molecule has 0 fully saturated rings. The van der Waals surface area contributed by atoms with Crippen LogP contribution in [0, 0.1) is 0 Å². The van der Waals surface area contributed by atoms with Crippen molar-refractivity contribution < 1.29 is 15.0 Å². The molecule has 0 saturated heterocycles. The third kappa shape index (κ3) is 1.61. The smallest absolute Gasteiger partial charge is 0.335 e. The lowest BCUT2D eigenvalue weighted by Gasteiger charge is -1.97. The van der Waals surface area contributed by atoms with Crippen molar-refractivity contribution in [2.45, 2.75) is 0 Å². The lowest BCUT2D eigenvalue weighted by molar-refractivity contribution is 0.0696. The summed E-state index contributed by atoms with van der Waals surface area (Å²) in [6.07, 6.45) is 0. The van der Waals surface area contributed by atoms with E-state index in [0.29, 0.717) is 0 Å². The Morgan fingerprint density at radius 2 is 2.00 bits per heavy atom. The number of rotatable bonds is 1. The quantitative estimate of drug-likeness (QED) is 0.410. The normalized spacial score (nSPS) is 9.45. The molecule has 0 saturated carbocycles. The highest BCUT2D eigenvalue weighted by atomic mass is 16.5. The standard InChI is InChI=1S/C7H7NO3/c8-5-1-4(7(10)11)2-6(9)3-5/h1-3,9H,8H2,(H,10,11)/i7+1. The zero-order chi connectivity index (χ0) is 8.43. The summed E-state index contributed by atoms with van der Waals surface area (Å²) in [5.74, 6) is -1.24. The lowest BCUT2D eigenvalue weighted by Crippen LogP contribution is -1.97. The van der Waals surface area contributed by atoms with E-state index in [-0.39, 0.29) is 17.0 Å². The van der Waals surface area contributed by atoms with Crippen molar-refractivity contribution in [1.82, 2.24) is 0 Å². The summed E-state index contributed by atoms with van der Waals surface area (Å²) in [5, 5.41) is 17.4. The van der Waals surface area contributed by atoms with Gasteiger partial charge in [-0.2, -0.15) is 0 Å². The van der Waals surface area contributed by atoms with Crippen LogP contribution < -0.4 is 5.73 Å². The first-order valence-corrected chi connectivity index (χ1v) is 2.92. The van der Waals surface area contributed by atoms with Crippen LogP contribution in [-0.4, -0.2) is 16.2 Å². The van der Waals surface area contributed by atoms with Gasteiger partial charge in [-0.25, -0.2) is 4.79 Å². The van der Waals surface area contributed by atoms with Gasteiger partial charge >= 0.3 is 5.97 Å². The molecular formula is C7H7NO3. The number of carboxylic acids is 1. The molecule has 0 unspecified atom stereocenters. The van der Waals surface area contributed by atoms with Crippen LogP contribution in [0.5, 0.6) is 5.75 Å². The average molecular weight is 154 g/mol. The van der Waals surface area contributed by atoms with Crippen LogP contribution in [0.4, 0.5) is 5.69 Å². The maximum Gasteiger partial charge on any atom is 0.335 e. The second-order valence-corrected chi connectivity index (χ2v) is 2.12. The predicted molar refractivity (Wildman–Crippen MR) is 39.5 cm³/mol.